The van der Waals surface area contributed by atoms with Crippen LogP contribution < -0.4 is 32.2 Å². The van der Waals surface area contributed by atoms with Gasteiger partial charge in [-0.1, -0.05) is 115 Å². The average Bonchev–Trinajstić information content (AvgIpc) is 2.87. The van der Waals surface area contributed by atoms with E-state index in [4.69, 9.17) is 0 Å². The van der Waals surface area contributed by atoms with Crippen molar-refractivity contribution < 1.29 is 0 Å². The maximum absolute atomic E-state index is 14.0. The minimum absolute atomic E-state index is 0.0739. The first kappa shape index (κ1) is 20.1. The molecule has 0 amide bonds. The quantitative estimate of drug-likeness (QED) is 0.323. The Hall–Kier alpha value is -3.81. The maximum Gasteiger partial charge on any atom is 0.238 e. The highest BCUT2D eigenvalue weighted by Crippen LogP contribution is 2.45. The molecule has 3 nitrogen and oxygen atoms in total. The molecule has 0 aliphatic rings. The van der Waals surface area contributed by atoms with Gasteiger partial charge in [0.2, 0.25) is 10.9 Å². The summed E-state index contributed by atoms with van der Waals surface area (Å²) in [4.78, 5) is 40.9. The van der Waals surface area contributed by atoms with Gasteiger partial charge in [-0.2, -0.15) is 0 Å². The molecule has 0 unspecified atom stereocenters. The van der Waals surface area contributed by atoms with Crippen LogP contribution in [0.25, 0.3) is 10.8 Å². The molecule has 0 aromatic heterocycles. The van der Waals surface area contributed by atoms with E-state index in [1.165, 1.54) is 0 Å². The second kappa shape index (κ2) is 8.03. The molecule has 5 rings (SSSR count). The van der Waals surface area contributed by atoms with E-state index >= 15 is 0 Å². The first-order valence-corrected chi connectivity index (χ1v) is 12.1. The molecule has 5 aromatic rings. The predicted molar refractivity (Wildman–Crippen MR) is 134 cm³/mol. The van der Waals surface area contributed by atoms with Crippen molar-refractivity contribution >= 4 is 33.6 Å². The van der Waals surface area contributed by atoms with Crippen LogP contribution in [-0.2, 0) is 0 Å². The van der Waals surface area contributed by atoms with Crippen molar-refractivity contribution in [3.05, 3.63) is 151 Å². The Morgan fingerprint density at radius 2 is 0.719 bits per heavy atom. The van der Waals surface area contributed by atoms with Crippen LogP contribution in [0.3, 0.4) is 0 Å². The molecule has 0 saturated carbocycles. The molecule has 0 heterocycles. The Morgan fingerprint density at radius 3 is 1.12 bits per heavy atom. The van der Waals surface area contributed by atoms with Gasteiger partial charge < -0.3 is 0 Å². The van der Waals surface area contributed by atoms with Gasteiger partial charge in [-0.25, -0.2) is 0 Å². The molecule has 0 fully saturated rings. The monoisotopic (exact) mass is 434 g/mol. The fourth-order valence-electron chi connectivity index (χ4n) is 4.43. The second-order valence-electron chi connectivity index (χ2n) is 7.56. The summed E-state index contributed by atoms with van der Waals surface area (Å²) in [6, 6.07) is 35.5. The zero-order chi connectivity index (χ0) is 22.1. The summed E-state index contributed by atoms with van der Waals surface area (Å²) < 4.78 is 0. The molecule has 0 saturated heterocycles. The van der Waals surface area contributed by atoms with Crippen molar-refractivity contribution in [3.8, 4) is 0 Å². The number of fused-ring (bicyclic) bond motifs is 1. The molecule has 154 valence electrons. The van der Waals surface area contributed by atoms with E-state index in [0.29, 0.717) is 5.39 Å². The van der Waals surface area contributed by atoms with Gasteiger partial charge in [0, 0.05) is 10.8 Å². The van der Waals surface area contributed by atoms with Crippen LogP contribution in [0, 0.1) is 4.94 Å². The summed E-state index contributed by atoms with van der Waals surface area (Å²) in [7, 11) is 0. The molecule has 0 radical (unpaired) electrons. The van der Waals surface area contributed by atoms with Crippen molar-refractivity contribution in [2.75, 3.05) is 0 Å². The average molecular weight is 434 g/mol. The Kier molecular flexibility index (Phi) is 5.05. The SMILES string of the molecule is O=c1c(=P(c2ccccc2)(c2ccccc2)c2ccccc2)c(=O)c2ccccc2c1=O. The van der Waals surface area contributed by atoms with Crippen molar-refractivity contribution in [1.29, 1.82) is 0 Å². The van der Waals surface area contributed by atoms with Crippen molar-refractivity contribution in [2.45, 2.75) is 0 Å². The molecule has 0 aliphatic carbocycles. The molecule has 0 aliphatic heterocycles. The third-order valence-corrected chi connectivity index (χ3v) is 10.1. The third kappa shape index (κ3) is 2.94. The van der Waals surface area contributed by atoms with E-state index in [9.17, 15) is 14.4 Å². The summed E-state index contributed by atoms with van der Waals surface area (Å²) in [5.74, 6) is 0. The molecule has 32 heavy (non-hydrogen) atoms. The summed E-state index contributed by atoms with van der Waals surface area (Å²) in [5.41, 5.74) is -1.70. The van der Waals surface area contributed by atoms with Crippen molar-refractivity contribution in [2.24, 2.45) is 0 Å². The largest absolute Gasteiger partial charge is 0.288 e. The highest BCUT2D eigenvalue weighted by molar-refractivity contribution is 7.89. The molecule has 0 spiro atoms. The van der Waals surface area contributed by atoms with E-state index in [-0.39, 0.29) is 15.8 Å². The van der Waals surface area contributed by atoms with Gasteiger partial charge in [0.15, 0.2) is 5.43 Å². The standard InChI is InChI=1S/C28H19O3P/c29-25-23-18-10-11-19-24(23)26(30)28(27(25)31)32(20-12-4-1-5-13-20,21-14-6-2-7-15-21)22-16-8-3-9-17-22/h1-19H. The Bertz CT molecular complexity index is 1560. The molecule has 0 bridgehead atoms. The smallest absolute Gasteiger partial charge is 0.238 e. The van der Waals surface area contributed by atoms with Crippen LogP contribution in [0.1, 0.15) is 0 Å². The highest BCUT2D eigenvalue weighted by atomic mass is 31.2. The van der Waals surface area contributed by atoms with E-state index in [2.05, 4.69) is 0 Å². The van der Waals surface area contributed by atoms with E-state index in [1.54, 1.807) is 24.3 Å². The van der Waals surface area contributed by atoms with Gasteiger partial charge in [-0.05, 0) is 22.8 Å². The van der Waals surface area contributed by atoms with Crippen molar-refractivity contribution in [1.82, 2.24) is 0 Å². The lowest BCUT2D eigenvalue weighted by atomic mass is 10.1. The first-order valence-electron chi connectivity index (χ1n) is 10.3. The summed E-state index contributed by atoms with van der Waals surface area (Å²) >= 11 is 0. The zero-order valence-electron chi connectivity index (χ0n) is 17.1. The number of hydrogen-bond donors (Lipinski definition) is 0. The van der Waals surface area contributed by atoms with Crippen molar-refractivity contribution in [3.63, 3.8) is 0 Å². The normalized spacial score (nSPS) is 11.5. The van der Waals surface area contributed by atoms with Crippen LogP contribution in [0.15, 0.2) is 130 Å². The highest BCUT2D eigenvalue weighted by Gasteiger charge is 2.29. The van der Waals surface area contributed by atoms with Gasteiger partial charge in [0.05, 0.1) is 4.94 Å². The Balaban J connectivity index is 2.26. The van der Waals surface area contributed by atoms with Gasteiger partial charge in [0.25, 0.3) is 0 Å². The van der Waals surface area contributed by atoms with E-state index in [1.807, 2.05) is 91.0 Å². The summed E-state index contributed by atoms with van der Waals surface area (Å²) in [5, 5.41) is 3.06. The van der Waals surface area contributed by atoms with Gasteiger partial charge in [0.1, 0.15) is 0 Å². The fraction of sp³-hybridized carbons (Fsp3) is 0. The molecular formula is C28H19O3P. The summed E-state index contributed by atoms with van der Waals surface area (Å²) in [6.45, 7) is -2.94. The fourth-order valence-corrected chi connectivity index (χ4v) is 8.79. The minimum Gasteiger partial charge on any atom is -0.288 e. The predicted octanol–water partition coefficient (Wildman–Crippen LogP) is 3.32. The van der Waals surface area contributed by atoms with Gasteiger partial charge in [-0.3, -0.25) is 14.4 Å². The van der Waals surface area contributed by atoms with Crippen LogP contribution >= 0.6 is 6.89 Å². The molecule has 5 aromatic carbocycles. The molecule has 4 heteroatoms. The minimum atomic E-state index is -2.94. The zero-order valence-corrected chi connectivity index (χ0v) is 18.0. The topological polar surface area (TPSA) is 51.2 Å². The van der Waals surface area contributed by atoms with Crippen LogP contribution in [0.4, 0.5) is 0 Å². The summed E-state index contributed by atoms with van der Waals surface area (Å²) in [6.07, 6.45) is 0. The lowest BCUT2D eigenvalue weighted by Gasteiger charge is -2.28. The third-order valence-electron chi connectivity index (χ3n) is 5.82. The van der Waals surface area contributed by atoms with Gasteiger partial charge >= 0.3 is 0 Å². The molecule has 0 N–H and O–H groups in total. The van der Waals surface area contributed by atoms with E-state index in [0.717, 1.165) is 15.9 Å². The van der Waals surface area contributed by atoms with Gasteiger partial charge in [-0.15, -0.1) is 0 Å². The second-order valence-corrected chi connectivity index (χ2v) is 10.9. The van der Waals surface area contributed by atoms with Crippen LogP contribution in [0.5, 0.6) is 0 Å². The number of rotatable bonds is 3. The molecular weight excluding hydrogens is 415 g/mol. The Morgan fingerprint density at radius 1 is 0.375 bits per heavy atom. The van der Waals surface area contributed by atoms with Crippen LogP contribution in [0.2, 0.25) is 0 Å². The molecule has 0 atom stereocenters. The van der Waals surface area contributed by atoms with E-state index < -0.39 is 17.7 Å². The lowest BCUT2D eigenvalue weighted by molar-refractivity contribution is 1.45. The maximum atomic E-state index is 14.0. The van der Waals surface area contributed by atoms with Crippen LogP contribution in [-0.4, -0.2) is 0 Å². The number of benzene rings is 5. The number of hydrogen-bond acceptors (Lipinski definition) is 3. The first-order chi connectivity index (χ1) is 15.7. The Labute approximate surface area is 184 Å². The lowest BCUT2D eigenvalue weighted by Crippen LogP contribution is -2.37.